The van der Waals surface area contributed by atoms with E-state index in [4.69, 9.17) is 4.74 Å². The van der Waals surface area contributed by atoms with Gasteiger partial charge < -0.3 is 15.0 Å². The molecule has 2 aliphatic heterocycles. The van der Waals surface area contributed by atoms with Crippen molar-refractivity contribution in [3.63, 3.8) is 0 Å². The highest BCUT2D eigenvalue weighted by Gasteiger charge is 2.38. The van der Waals surface area contributed by atoms with Gasteiger partial charge in [-0.2, -0.15) is 0 Å². The Bertz CT molecular complexity index is 646. The molecule has 25 heavy (non-hydrogen) atoms. The van der Waals surface area contributed by atoms with E-state index in [1.165, 1.54) is 6.07 Å². The average Bonchev–Trinajstić information content (AvgIpc) is 2.53. The molecule has 2 fully saturated rings. The second-order valence-electron chi connectivity index (χ2n) is 6.81. The van der Waals surface area contributed by atoms with Crippen LogP contribution >= 0.6 is 0 Å². The average molecular weight is 349 g/mol. The maximum Gasteiger partial charge on any atom is 0.237 e. The number of nitrogens with zero attached hydrogens (tertiary/aromatic N) is 2. The van der Waals surface area contributed by atoms with Gasteiger partial charge >= 0.3 is 0 Å². The van der Waals surface area contributed by atoms with Gasteiger partial charge in [0, 0.05) is 19.1 Å². The second-order valence-corrected chi connectivity index (χ2v) is 6.81. The molecule has 136 valence electrons. The molecule has 1 aromatic carbocycles. The first-order chi connectivity index (χ1) is 12.0. The van der Waals surface area contributed by atoms with Gasteiger partial charge in [-0.3, -0.25) is 14.5 Å². The number of piperazine rings is 1. The van der Waals surface area contributed by atoms with Crippen LogP contribution < -0.4 is 10.1 Å². The fourth-order valence-electron chi connectivity index (χ4n) is 3.29. The van der Waals surface area contributed by atoms with Crippen LogP contribution in [0, 0.1) is 5.82 Å². The van der Waals surface area contributed by atoms with Gasteiger partial charge in [-0.25, -0.2) is 4.39 Å². The number of ether oxygens (including phenoxy) is 1. The van der Waals surface area contributed by atoms with Crippen molar-refractivity contribution in [2.24, 2.45) is 0 Å². The van der Waals surface area contributed by atoms with E-state index >= 15 is 0 Å². The van der Waals surface area contributed by atoms with Crippen molar-refractivity contribution < 1.29 is 18.7 Å². The Labute approximate surface area is 146 Å². The van der Waals surface area contributed by atoms with Crippen molar-refractivity contribution in [1.29, 1.82) is 0 Å². The number of carbonyl (C=O) groups is 2. The molecule has 0 saturated carbocycles. The lowest BCUT2D eigenvalue weighted by molar-refractivity contribution is -0.145. The first-order valence-corrected chi connectivity index (χ1v) is 8.68. The summed E-state index contributed by atoms with van der Waals surface area (Å²) in [4.78, 5) is 28.3. The van der Waals surface area contributed by atoms with E-state index in [0.29, 0.717) is 19.6 Å². The molecule has 0 bridgehead atoms. The minimum Gasteiger partial charge on any atom is -0.484 e. The molecular formula is C18H24FN3O3. The van der Waals surface area contributed by atoms with E-state index in [0.717, 1.165) is 6.54 Å². The number of para-hydroxylation sites is 1. The summed E-state index contributed by atoms with van der Waals surface area (Å²) in [7, 11) is 0. The van der Waals surface area contributed by atoms with Gasteiger partial charge in [0.15, 0.2) is 11.6 Å². The van der Waals surface area contributed by atoms with Crippen molar-refractivity contribution >= 4 is 11.8 Å². The Morgan fingerprint density at radius 2 is 2.08 bits per heavy atom. The van der Waals surface area contributed by atoms with Gasteiger partial charge in [-0.1, -0.05) is 12.1 Å². The quantitative estimate of drug-likeness (QED) is 0.862. The Balaban J connectivity index is 1.51. The van der Waals surface area contributed by atoms with E-state index in [1.54, 1.807) is 23.1 Å². The minimum atomic E-state index is -0.423. The first-order valence-electron chi connectivity index (χ1n) is 8.68. The molecule has 2 heterocycles. The van der Waals surface area contributed by atoms with Gasteiger partial charge in [0.05, 0.1) is 25.6 Å². The normalized spacial score (nSPS) is 21.8. The molecule has 3 rings (SSSR count). The van der Waals surface area contributed by atoms with E-state index in [1.807, 2.05) is 13.8 Å². The largest absolute Gasteiger partial charge is 0.484 e. The highest BCUT2D eigenvalue weighted by molar-refractivity contribution is 5.89. The molecule has 1 N–H and O–H groups in total. The van der Waals surface area contributed by atoms with Gasteiger partial charge in [0.25, 0.3) is 0 Å². The Kier molecular flexibility index (Phi) is 5.22. The van der Waals surface area contributed by atoms with Crippen LogP contribution in [0.15, 0.2) is 24.3 Å². The zero-order valence-corrected chi connectivity index (χ0v) is 14.6. The third kappa shape index (κ3) is 3.92. The number of halogens is 1. The summed E-state index contributed by atoms with van der Waals surface area (Å²) in [5.41, 5.74) is 0. The summed E-state index contributed by atoms with van der Waals surface area (Å²) in [6, 6.07) is 6.02. The summed E-state index contributed by atoms with van der Waals surface area (Å²) in [5, 5.41) is 2.83. The summed E-state index contributed by atoms with van der Waals surface area (Å²) >= 11 is 0. The molecule has 2 saturated heterocycles. The van der Waals surface area contributed by atoms with Crippen LogP contribution in [0.2, 0.25) is 0 Å². The number of likely N-dealkylation sites (tertiary alicyclic amines) is 1. The lowest BCUT2D eigenvalue weighted by Crippen LogP contribution is -2.61. The second kappa shape index (κ2) is 7.39. The predicted octanol–water partition coefficient (Wildman–Crippen LogP) is 1.01. The third-order valence-corrected chi connectivity index (χ3v) is 4.73. The van der Waals surface area contributed by atoms with Crippen LogP contribution in [0.25, 0.3) is 0 Å². The highest BCUT2D eigenvalue weighted by Crippen LogP contribution is 2.22. The molecule has 6 nitrogen and oxygen atoms in total. The highest BCUT2D eigenvalue weighted by atomic mass is 19.1. The molecule has 0 aliphatic carbocycles. The van der Waals surface area contributed by atoms with Crippen LogP contribution in [-0.4, -0.2) is 66.0 Å². The topological polar surface area (TPSA) is 61.9 Å². The number of benzene rings is 1. The molecule has 1 aromatic rings. The number of nitrogens with one attached hydrogen (secondary N) is 1. The van der Waals surface area contributed by atoms with Crippen molar-refractivity contribution in [2.75, 3.05) is 26.2 Å². The molecule has 2 aliphatic rings. The van der Waals surface area contributed by atoms with Crippen molar-refractivity contribution in [3.05, 3.63) is 30.1 Å². The van der Waals surface area contributed by atoms with Gasteiger partial charge in [-0.05, 0) is 26.0 Å². The van der Waals surface area contributed by atoms with E-state index in [9.17, 15) is 14.0 Å². The fourth-order valence-corrected chi connectivity index (χ4v) is 3.29. The smallest absolute Gasteiger partial charge is 0.237 e. The number of amides is 2. The minimum absolute atomic E-state index is 0.0684. The van der Waals surface area contributed by atoms with Gasteiger partial charge in [0.1, 0.15) is 6.10 Å². The zero-order valence-electron chi connectivity index (χ0n) is 14.6. The van der Waals surface area contributed by atoms with Crippen LogP contribution in [0.5, 0.6) is 5.75 Å². The Hall–Kier alpha value is -2.15. The third-order valence-electron chi connectivity index (χ3n) is 4.73. The Morgan fingerprint density at radius 1 is 1.36 bits per heavy atom. The fraction of sp³-hybridized carbons (Fsp3) is 0.556. The molecule has 0 spiro atoms. The number of hydrogen-bond acceptors (Lipinski definition) is 4. The maximum absolute atomic E-state index is 13.6. The molecule has 0 aromatic heterocycles. The molecular weight excluding hydrogens is 325 g/mol. The van der Waals surface area contributed by atoms with Gasteiger partial charge in [-0.15, -0.1) is 0 Å². The van der Waals surface area contributed by atoms with Crippen LogP contribution in [-0.2, 0) is 9.59 Å². The monoisotopic (exact) mass is 349 g/mol. The van der Waals surface area contributed by atoms with Crippen molar-refractivity contribution in [2.45, 2.75) is 38.5 Å². The zero-order chi connectivity index (χ0) is 18.0. The lowest BCUT2D eigenvalue weighted by atomic mass is 10.0. The van der Waals surface area contributed by atoms with Crippen molar-refractivity contribution in [3.8, 4) is 5.75 Å². The molecule has 7 heteroatoms. The summed E-state index contributed by atoms with van der Waals surface area (Å²) in [6.07, 6.45) is -0.0431. The number of hydrogen-bond donors (Lipinski definition) is 1. The summed E-state index contributed by atoms with van der Waals surface area (Å²) in [5.74, 6) is -0.356. The van der Waals surface area contributed by atoms with Gasteiger partial charge in [0.2, 0.25) is 11.8 Å². The molecule has 1 atom stereocenters. The van der Waals surface area contributed by atoms with Crippen molar-refractivity contribution in [1.82, 2.24) is 15.1 Å². The van der Waals surface area contributed by atoms with Crippen LogP contribution in [0.3, 0.4) is 0 Å². The first kappa shape index (κ1) is 17.7. The van der Waals surface area contributed by atoms with E-state index in [2.05, 4.69) is 10.2 Å². The Morgan fingerprint density at radius 3 is 2.76 bits per heavy atom. The van der Waals surface area contributed by atoms with Crippen LogP contribution in [0.1, 0.15) is 20.3 Å². The predicted molar refractivity (Wildman–Crippen MR) is 90.7 cm³/mol. The number of carbonyl (C=O) groups excluding carboxylic acids is 2. The summed E-state index contributed by atoms with van der Waals surface area (Å²) < 4.78 is 19.2. The standard InChI is InChI=1S/C18H24FN3O3/c1-12(2)22-8-7-20-18(24)15(22)9-17(23)21-10-13(11-21)25-16-6-4-3-5-14(16)19/h3-6,12-13,15H,7-11H2,1-2H3,(H,20,24)/t15-/m0/s1. The summed E-state index contributed by atoms with van der Waals surface area (Å²) in [6.45, 7) is 6.26. The molecule has 2 amide bonds. The lowest BCUT2D eigenvalue weighted by Gasteiger charge is -2.42. The van der Waals surface area contributed by atoms with Crippen LogP contribution in [0.4, 0.5) is 4.39 Å². The molecule has 0 radical (unpaired) electrons. The number of rotatable bonds is 5. The molecule has 0 unspecified atom stereocenters. The maximum atomic E-state index is 13.6. The van der Waals surface area contributed by atoms with E-state index in [-0.39, 0.29) is 36.1 Å². The SMILES string of the molecule is CC(C)N1CCNC(=O)[C@@H]1CC(=O)N1CC(Oc2ccccc2F)C1. The van der Waals surface area contributed by atoms with E-state index < -0.39 is 11.9 Å².